The molecule has 0 rings (SSSR count). The molecule has 0 amide bonds. The highest BCUT2D eigenvalue weighted by Crippen LogP contribution is 2.15. The number of carbonyl (C=O) groups excluding carboxylic acids is 3. The van der Waals surface area contributed by atoms with E-state index in [4.69, 9.17) is 14.2 Å². The Balaban J connectivity index is 4.55. The quantitative estimate of drug-likeness (QED) is 0.0262. The van der Waals surface area contributed by atoms with Crippen molar-refractivity contribution >= 4 is 17.9 Å². The third-order valence-electron chi connectivity index (χ3n) is 11.8. The van der Waals surface area contributed by atoms with Crippen LogP contribution in [-0.4, -0.2) is 37.2 Å². The van der Waals surface area contributed by atoms with E-state index < -0.39 is 12.1 Å². The van der Waals surface area contributed by atoms with Crippen LogP contribution in [0.5, 0.6) is 0 Å². The van der Waals surface area contributed by atoms with Gasteiger partial charge < -0.3 is 14.2 Å². The lowest BCUT2D eigenvalue weighted by molar-refractivity contribution is -0.166. The molecule has 0 aromatic heterocycles. The van der Waals surface area contributed by atoms with Crippen LogP contribution in [0.3, 0.4) is 0 Å². The van der Waals surface area contributed by atoms with Crippen LogP contribution in [-0.2, 0) is 28.6 Å². The molecule has 0 bridgehead atoms. The molecular formula is C63H104O6. The standard InChI is InChI=1S/C63H104O6/c1-4-7-10-13-16-19-22-25-28-30-31-33-36-39-42-45-48-51-54-57-63(66)69-60(58-67-61(64)55-52-49-46-43-40-37-34-27-24-21-18-15-12-9-6-3)59-68-62(65)56-53-50-47-44-41-38-35-32-29-26-23-20-17-14-11-8-5-2/h7,10,16,18-19,21,25,27-28,31,33-34,39-40,42-43,48,51,60H,4-6,8-9,11-15,17,20,22-24,26,29-30,32,35-38,41,44-47,49-50,52-59H2,1-3H3/b10-7-,19-16-,21-18-,28-25-,33-31-,34-27-,42-39-,43-40-,51-48-/t60-/m1/s1. The van der Waals surface area contributed by atoms with Crippen LogP contribution in [0.15, 0.2) is 109 Å². The molecule has 0 fully saturated rings. The Morgan fingerprint density at radius 1 is 0.304 bits per heavy atom. The lowest BCUT2D eigenvalue weighted by Crippen LogP contribution is -2.30. The van der Waals surface area contributed by atoms with Gasteiger partial charge in [0.15, 0.2) is 6.10 Å². The minimum Gasteiger partial charge on any atom is -0.462 e. The maximum absolute atomic E-state index is 12.8. The summed E-state index contributed by atoms with van der Waals surface area (Å²) in [5.74, 6) is -1.04. The first-order valence-corrected chi connectivity index (χ1v) is 28.4. The number of unbranched alkanes of at least 4 members (excludes halogenated alkanes) is 21. The third kappa shape index (κ3) is 54.9. The fraction of sp³-hybridized carbons (Fsp3) is 0.667. The Morgan fingerprint density at radius 2 is 0.594 bits per heavy atom. The normalized spacial score (nSPS) is 12.9. The minimum atomic E-state index is -0.834. The molecule has 0 spiro atoms. The Morgan fingerprint density at radius 3 is 0.971 bits per heavy atom. The first-order chi connectivity index (χ1) is 34.0. The molecule has 0 saturated carbocycles. The Hall–Kier alpha value is -3.93. The summed E-state index contributed by atoms with van der Waals surface area (Å²) in [5.41, 5.74) is 0. The molecule has 0 unspecified atom stereocenters. The topological polar surface area (TPSA) is 78.9 Å². The Bertz CT molecular complexity index is 1420. The first-order valence-electron chi connectivity index (χ1n) is 28.4. The lowest BCUT2D eigenvalue weighted by Gasteiger charge is -2.18. The van der Waals surface area contributed by atoms with E-state index >= 15 is 0 Å². The monoisotopic (exact) mass is 957 g/mol. The average Bonchev–Trinajstić information content (AvgIpc) is 3.35. The summed E-state index contributed by atoms with van der Waals surface area (Å²) in [6.45, 7) is 6.41. The molecule has 6 heteroatoms. The number of rotatable bonds is 50. The first kappa shape index (κ1) is 65.1. The fourth-order valence-electron chi connectivity index (χ4n) is 7.53. The number of carbonyl (C=O) groups is 3. The zero-order valence-electron chi connectivity index (χ0n) is 44.8. The summed E-state index contributed by atoms with van der Waals surface area (Å²) < 4.78 is 16.7. The van der Waals surface area contributed by atoms with Crippen LogP contribution in [0.4, 0.5) is 0 Å². The zero-order valence-corrected chi connectivity index (χ0v) is 44.8. The van der Waals surface area contributed by atoms with Crippen molar-refractivity contribution < 1.29 is 28.6 Å². The largest absolute Gasteiger partial charge is 0.462 e. The second-order valence-corrected chi connectivity index (χ2v) is 18.5. The van der Waals surface area contributed by atoms with Gasteiger partial charge in [0, 0.05) is 19.3 Å². The predicted octanol–water partition coefficient (Wildman–Crippen LogP) is 19.1. The summed E-state index contributed by atoms with van der Waals surface area (Å²) in [6, 6.07) is 0. The van der Waals surface area contributed by atoms with Gasteiger partial charge in [-0.25, -0.2) is 0 Å². The Kier molecular flexibility index (Phi) is 53.4. The van der Waals surface area contributed by atoms with Gasteiger partial charge in [-0.05, 0) is 96.3 Å². The Labute approximate surface area is 425 Å². The van der Waals surface area contributed by atoms with E-state index in [1.165, 1.54) is 116 Å². The van der Waals surface area contributed by atoms with Crippen molar-refractivity contribution in [3.05, 3.63) is 109 Å². The van der Waals surface area contributed by atoms with Gasteiger partial charge in [0.25, 0.3) is 0 Å². The molecule has 0 aromatic rings. The fourth-order valence-corrected chi connectivity index (χ4v) is 7.53. The second kappa shape index (κ2) is 56.7. The highest BCUT2D eigenvalue weighted by Gasteiger charge is 2.19. The van der Waals surface area contributed by atoms with Crippen molar-refractivity contribution in [3.8, 4) is 0 Å². The van der Waals surface area contributed by atoms with Crippen molar-refractivity contribution in [2.75, 3.05) is 13.2 Å². The molecule has 0 N–H and O–H groups in total. The van der Waals surface area contributed by atoms with Crippen molar-refractivity contribution in [1.82, 2.24) is 0 Å². The van der Waals surface area contributed by atoms with Gasteiger partial charge in [0.1, 0.15) is 13.2 Å². The van der Waals surface area contributed by atoms with Crippen LogP contribution in [0, 0.1) is 0 Å². The maximum atomic E-state index is 12.8. The highest BCUT2D eigenvalue weighted by molar-refractivity contribution is 5.71. The molecule has 0 aliphatic rings. The molecule has 0 aliphatic carbocycles. The zero-order chi connectivity index (χ0) is 50.0. The number of hydrogen-bond donors (Lipinski definition) is 0. The minimum absolute atomic E-state index is 0.120. The summed E-state index contributed by atoms with van der Waals surface area (Å²) in [4.78, 5) is 38.1. The van der Waals surface area contributed by atoms with E-state index in [1.807, 2.05) is 12.2 Å². The SMILES string of the molecule is CC/C=C\C/C=C\C/C=C\C/C=C\C/C=C\C/C=C\CCC(=O)O[C@H](COC(=O)CCCC/C=C\C/C=C\C/C=C\CCCCC)COC(=O)CCCCCCCCCCCCCCCCCCC. The van der Waals surface area contributed by atoms with Crippen molar-refractivity contribution in [3.63, 3.8) is 0 Å². The van der Waals surface area contributed by atoms with Gasteiger partial charge in [-0.15, -0.1) is 0 Å². The van der Waals surface area contributed by atoms with Crippen LogP contribution in [0.1, 0.15) is 252 Å². The smallest absolute Gasteiger partial charge is 0.306 e. The summed E-state index contributed by atoms with van der Waals surface area (Å²) in [6.07, 6.45) is 76.6. The molecule has 1 atom stereocenters. The van der Waals surface area contributed by atoms with Crippen molar-refractivity contribution in [1.29, 1.82) is 0 Å². The number of esters is 3. The van der Waals surface area contributed by atoms with Gasteiger partial charge in [0.2, 0.25) is 0 Å². The van der Waals surface area contributed by atoms with Gasteiger partial charge in [-0.2, -0.15) is 0 Å². The van der Waals surface area contributed by atoms with Crippen LogP contribution in [0.25, 0.3) is 0 Å². The van der Waals surface area contributed by atoms with Crippen LogP contribution in [0.2, 0.25) is 0 Å². The second-order valence-electron chi connectivity index (χ2n) is 18.5. The van der Waals surface area contributed by atoms with Gasteiger partial charge in [0.05, 0.1) is 0 Å². The van der Waals surface area contributed by atoms with E-state index in [0.29, 0.717) is 25.7 Å². The van der Waals surface area contributed by atoms with E-state index in [-0.39, 0.29) is 31.6 Å². The summed E-state index contributed by atoms with van der Waals surface area (Å²) in [7, 11) is 0. The van der Waals surface area contributed by atoms with E-state index in [2.05, 4.69) is 118 Å². The molecule has 0 aromatic carbocycles. The molecule has 0 heterocycles. The molecule has 392 valence electrons. The van der Waals surface area contributed by atoms with E-state index in [0.717, 1.165) is 83.5 Å². The van der Waals surface area contributed by atoms with E-state index in [1.54, 1.807) is 0 Å². The van der Waals surface area contributed by atoms with Crippen LogP contribution < -0.4 is 0 Å². The van der Waals surface area contributed by atoms with Gasteiger partial charge >= 0.3 is 17.9 Å². The van der Waals surface area contributed by atoms with Gasteiger partial charge in [-0.1, -0.05) is 246 Å². The molecule has 0 radical (unpaired) electrons. The van der Waals surface area contributed by atoms with Crippen LogP contribution >= 0.6 is 0 Å². The number of allylic oxidation sites excluding steroid dienone is 18. The van der Waals surface area contributed by atoms with E-state index in [9.17, 15) is 14.4 Å². The molecule has 0 aliphatic heterocycles. The van der Waals surface area contributed by atoms with Gasteiger partial charge in [-0.3, -0.25) is 14.4 Å². The number of hydrogen-bond acceptors (Lipinski definition) is 6. The molecule has 69 heavy (non-hydrogen) atoms. The predicted molar refractivity (Wildman–Crippen MR) is 297 cm³/mol. The lowest BCUT2D eigenvalue weighted by atomic mass is 10.0. The third-order valence-corrected chi connectivity index (χ3v) is 11.8. The maximum Gasteiger partial charge on any atom is 0.306 e. The molecule has 6 nitrogen and oxygen atoms in total. The summed E-state index contributed by atoms with van der Waals surface area (Å²) >= 11 is 0. The van der Waals surface area contributed by atoms with Crippen molar-refractivity contribution in [2.24, 2.45) is 0 Å². The average molecular weight is 958 g/mol. The number of ether oxygens (including phenoxy) is 3. The molecule has 0 saturated heterocycles. The summed E-state index contributed by atoms with van der Waals surface area (Å²) in [5, 5.41) is 0. The molecular weight excluding hydrogens is 853 g/mol. The highest BCUT2D eigenvalue weighted by atomic mass is 16.6. The van der Waals surface area contributed by atoms with Crippen molar-refractivity contribution in [2.45, 2.75) is 258 Å².